The van der Waals surface area contributed by atoms with Gasteiger partial charge in [-0.05, 0) is 30.5 Å². The zero-order valence-electron chi connectivity index (χ0n) is 15.4. The average Bonchev–Trinajstić information content (AvgIpc) is 3.17. The SMILES string of the molecule is FC(F)(F)Cn1cc(C(F)(F)F)c2ccc([C@H]3C[C@@H]3c3cc(Cl)nn4ccnc34)nc21. The first kappa shape index (κ1) is 20.1. The predicted octanol–water partition coefficient (Wildman–Crippen LogP) is 5.58. The number of hydrogen-bond donors (Lipinski definition) is 0. The molecule has 0 radical (unpaired) electrons. The van der Waals surface area contributed by atoms with Gasteiger partial charge in [0.2, 0.25) is 0 Å². The molecule has 2 atom stereocenters. The summed E-state index contributed by atoms with van der Waals surface area (Å²) in [6.07, 6.45) is -5.19. The normalized spacial score (nSPS) is 19.5. The summed E-state index contributed by atoms with van der Waals surface area (Å²) in [5, 5.41) is 4.00. The summed E-state index contributed by atoms with van der Waals surface area (Å²) >= 11 is 6.06. The molecule has 1 saturated carbocycles. The Labute approximate surface area is 175 Å². The topological polar surface area (TPSA) is 48.0 Å². The van der Waals surface area contributed by atoms with Crippen molar-refractivity contribution in [3.63, 3.8) is 0 Å². The largest absolute Gasteiger partial charge is 0.418 e. The van der Waals surface area contributed by atoms with Gasteiger partial charge in [0.15, 0.2) is 5.65 Å². The maximum absolute atomic E-state index is 13.3. The van der Waals surface area contributed by atoms with E-state index in [-0.39, 0.29) is 28.0 Å². The van der Waals surface area contributed by atoms with Crippen LogP contribution in [-0.4, -0.2) is 30.3 Å². The van der Waals surface area contributed by atoms with Crippen molar-refractivity contribution >= 4 is 28.3 Å². The first-order valence-electron chi connectivity index (χ1n) is 9.15. The lowest BCUT2D eigenvalue weighted by atomic mass is 10.1. The fourth-order valence-corrected chi connectivity index (χ4v) is 4.17. The molecule has 0 amide bonds. The van der Waals surface area contributed by atoms with Gasteiger partial charge in [-0.15, -0.1) is 0 Å². The highest BCUT2D eigenvalue weighted by atomic mass is 35.5. The number of hydrogen-bond acceptors (Lipinski definition) is 3. The molecule has 0 aromatic carbocycles. The number of imidazole rings is 1. The Morgan fingerprint density at radius 2 is 1.84 bits per heavy atom. The molecule has 1 aliphatic rings. The molecule has 162 valence electrons. The maximum Gasteiger partial charge on any atom is 0.418 e. The monoisotopic (exact) mass is 459 g/mol. The molecular formula is C19H12ClF6N5. The van der Waals surface area contributed by atoms with E-state index >= 15 is 0 Å². The van der Waals surface area contributed by atoms with Gasteiger partial charge in [0.05, 0.1) is 5.56 Å². The number of pyridine rings is 1. The van der Waals surface area contributed by atoms with Crippen LogP contribution in [0.25, 0.3) is 16.7 Å². The number of nitrogens with zero attached hydrogens (tertiary/aromatic N) is 5. The van der Waals surface area contributed by atoms with Gasteiger partial charge in [0.25, 0.3) is 0 Å². The molecule has 1 aliphatic carbocycles. The second-order valence-electron chi connectivity index (χ2n) is 7.46. The van der Waals surface area contributed by atoms with Gasteiger partial charge < -0.3 is 4.57 Å². The molecule has 31 heavy (non-hydrogen) atoms. The lowest BCUT2D eigenvalue weighted by molar-refractivity contribution is -0.143. The molecule has 5 nitrogen and oxygen atoms in total. The van der Waals surface area contributed by atoms with Crippen molar-refractivity contribution in [2.75, 3.05) is 0 Å². The molecule has 0 aliphatic heterocycles. The molecule has 0 bridgehead atoms. The fraction of sp³-hybridized carbons (Fsp3) is 0.316. The number of rotatable bonds is 3. The van der Waals surface area contributed by atoms with Crippen LogP contribution in [0.5, 0.6) is 0 Å². The fourth-order valence-electron chi connectivity index (χ4n) is 3.97. The van der Waals surface area contributed by atoms with E-state index in [0.717, 1.165) is 5.56 Å². The Morgan fingerprint density at radius 3 is 2.55 bits per heavy atom. The summed E-state index contributed by atoms with van der Waals surface area (Å²) < 4.78 is 80.8. The van der Waals surface area contributed by atoms with Crippen LogP contribution in [0.4, 0.5) is 26.3 Å². The number of halogens is 7. The summed E-state index contributed by atoms with van der Waals surface area (Å²) in [6.45, 7) is -1.56. The third-order valence-corrected chi connectivity index (χ3v) is 5.51. The van der Waals surface area contributed by atoms with Crippen LogP contribution in [0, 0.1) is 0 Å². The Balaban J connectivity index is 1.56. The van der Waals surface area contributed by atoms with Gasteiger partial charge in [0, 0.05) is 41.2 Å². The molecule has 12 heteroatoms. The summed E-state index contributed by atoms with van der Waals surface area (Å²) in [4.78, 5) is 8.46. The number of fused-ring (bicyclic) bond motifs is 2. The summed E-state index contributed by atoms with van der Waals surface area (Å²) in [7, 11) is 0. The van der Waals surface area contributed by atoms with E-state index in [4.69, 9.17) is 11.6 Å². The zero-order valence-corrected chi connectivity index (χ0v) is 16.2. The Hall–Kier alpha value is -2.82. The molecule has 1 fully saturated rings. The second-order valence-corrected chi connectivity index (χ2v) is 7.84. The summed E-state index contributed by atoms with van der Waals surface area (Å²) in [5.41, 5.74) is 0.339. The highest BCUT2D eigenvalue weighted by molar-refractivity contribution is 6.29. The quantitative estimate of drug-likeness (QED) is 0.376. The van der Waals surface area contributed by atoms with E-state index in [1.807, 2.05) is 0 Å². The van der Waals surface area contributed by atoms with Crippen LogP contribution < -0.4 is 0 Å². The van der Waals surface area contributed by atoms with Gasteiger partial charge in [-0.3, -0.25) is 0 Å². The summed E-state index contributed by atoms with van der Waals surface area (Å²) in [5.74, 6) is -0.240. The van der Waals surface area contributed by atoms with Gasteiger partial charge in [-0.25, -0.2) is 14.5 Å². The third-order valence-electron chi connectivity index (χ3n) is 5.33. The molecule has 4 heterocycles. The van der Waals surface area contributed by atoms with Gasteiger partial charge >= 0.3 is 12.4 Å². The Kier molecular flexibility index (Phi) is 4.27. The predicted molar refractivity (Wildman–Crippen MR) is 98.9 cm³/mol. The molecule has 0 spiro atoms. The number of alkyl halides is 6. The third kappa shape index (κ3) is 3.60. The second kappa shape index (κ2) is 6.59. The smallest absolute Gasteiger partial charge is 0.323 e. The maximum atomic E-state index is 13.3. The van der Waals surface area contributed by atoms with Crippen LogP contribution in [-0.2, 0) is 12.7 Å². The van der Waals surface area contributed by atoms with Crippen LogP contribution in [0.15, 0.2) is 36.8 Å². The lowest BCUT2D eigenvalue weighted by Crippen LogP contribution is -2.17. The van der Waals surface area contributed by atoms with Crippen LogP contribution in [0.2, 0.25) is 5.15 Å². The molecule has 5 rings (SSSR count). The Bertz CT molecular complexity index is 1310. The standard InChI is InChI=1S/C19H12ClF6N5/c20-15-6-12(16-27-3-4-31(16)29-15)10-5-11(10)14-2-1-9-13(19(24,25)26)7-30(17(9)28-14)8-18(21,22)23/h1-4,6-7,10-11H,5,8H2/t10-,11-/m0/s1. The van der Waals surface area contributed by atoms with Crippen molar-refractivity contribution < 1.29 is 26.3 Å². The molecule has 0 N–H and O–H groups in total. The molecular weight excluding hydrogens is 448 g/mol. The van der Waals surface area contributed by atoms with Crippen LogP contribution in [0.3, 0.4) is 0 Å². The highest BCUT2D eigenvalue weighted by Gasteiger charge is 2.43. The van der Waals surface area contributed by atoms with Crippen LogP contribution >= 0.6 is 11.6 Å². The zero-order chi connectivity index (χ0) is 22.1. The lowest BCUT2D eigenvalue weighted by Gasteiger charge is -2.09. The van der Waals surface area contributed by atoms with Crippen molar-refractivity contribution in [3.8, 4) is 0 Å². The van der Waals surface area contributed by atoms with Gasteiger partial charge in [-0.2, -0.15) is 31.4 Å². The summed E-state index contributed by atoms with van der Waals surface area (Å²) in [6, 6.07) is 4.29. The van der Waals surface area contributed by atoms with E-state index in [1.165, 1.54) is 16.6 Å². The minimum absolute atomic E-state index is 0.0662. The van der Waals surface area contributed by atoms with Crippen molar-refractivity contribution in [1.29, 1.82) is 0 Å². The van der Waals surface area contributed by atoms with Gasteiger partial charge in [-0.1, -0.05) is 11.6 Å². The van der Waals surface area contributed by atoms with Crippen molar-refractivity contribution in [2.24, 2.45) is 0 Å². The van der Waals surface area contributed by atoms with E-state index in [9.17, 15) is 26.3 Å². The minimum Gasteiger partial charge on any atom is -0.323 e. The van der Waals surface area contributed by atoms with E-state index in [2.05, 4.69) is 15.1 Å². The number of aromatic nitrogens is 5. The minimum atomic E-state index is -4.79. The first-order chi connectivity index (χ1) is 14.5. The molecule has 0 saturated heterocycles. The molecule has 4 aromatic heterocycles. The molecule has 0 unspecified atom stereocenters. The van der Waals surface area contributed by atoms with Gasteiger partial charge in [0.1, 0.15) is 17.3 Å². The first-order valence-corrected chi connectivity index (χ1v) is 9.52. The van der Waals surface area contributed by atoms with E-state index in [1.54, 1.807) is 18.5 Å². The van der Waals surface area contributed by atoms with Crippen molar-refractivity contribution in [1.82, 2.24) is 24.1 Å². The average molecular weight is 460 g/mol. The van der Waals surface area contributed by atoms with Crippen LogP contribution in [0.1, 0.15) is 35.1 Å². The molecule has 4 aromatic rings. The van der Waals surface area contributed by atoms with Crippen molar-refractivity contribution in [2.45, 2.75) is 37.2 Å². The highest BCUT2D eigenvalue weighted by Crippen LogP contribution is 2.55. The van der Waals surface area contributed by atoms with E-state index < -0.39 is 24.5 Å². The van der Waals surface area contributed by atoms with Crippen molar-refractivity contribution in [3.05, 3.63) is 58.8 Å². The van der Waals surface area contributed by atoms with E-state index in [0.29, 0.717) is 28.5 Å². The Morgan fingerprint density at radius 1 is 1.06 bits per heavy atom.